The van der Waals surface area contributed by atoms with E-state index in [4.69, 9.17) is 34.8 Å². The molecule has 0 saturated heterocycles. The zero-order chi connectivity index (χ0) is 22.4. The van der Waals surface area contributed by atoms with E-state index >= 15 is 0 Å². The molecule has 0 aliphatic carbocycles. The minimum absolute atomic E-state index is 0.0244. The summed E-state index contributed by atoms with van der Waals surface area (Å²) in [7, 11) is -4.06. The quantitative estimate of drug-likeness (QED) is 0.370. The van der Waals surface area contributed by atoms with Crippen molar-refractivity contribution in [1.82, 2.24) is 5.43 Å². The summed E-state index contributed by atoms with van der Waals surface area (Å²) >= 11 is 17.9. The Morgan fingerprint density at radius 3 is 2.35 bits per heavy atom. The van der Waals surface area contributed by atoms with Gasteiger partial charge in [0.25, 0.3) is 15.9 Å². The van der Waals surface area contributed by atoms with Gasteiger partial charge in [0.05, 0.1) is 26.8 Å². The van der Waals surface area contributed by atoms with Gasteiger partial charge in [-0.2, -0.15) is 5.10 Å². The first-order valence-corrected chi connectivity index (χ1v) is 11.4. The topological polar surface area (TPSA) is 78.8 Å². The lowest BCUT2D eigenvalue weighted by atomic mass is 10.2. The first-order chi connectivity index (χ1) is 14.8. The van der Waals surface area contributed by atoms with Gasteiger partial charge < -0.3 is 0 Å². The highest BCUT2D eigenvalue weighted by Gasteiger charge is 2.27. The third-order valence-electron chi connectivity index (χ3n) is 4.06. The smallest absolute Gasteiger partial charge is 0.264 e. The lowest BCUT2D eigenvalue weighted by molar-refractivity contribution is -0.119. The third-order valence-corrected chi connectivity index (χ3v) is 6.82. The van der Waals surface area contributed by atoms with E-state index in [0.29, 0.717) is 10.6 Å². The molecule has 0 heterocycles. The number of sulfonamides is 1. The average Bonchev–Trinajstić information content (AvgIpc) is 2.75. The van der Waals surface area contributed by atoms with Crippen LogP contribution in [0.15, 0.2) is 82.8 Å². The predicted octanol–water partition coefficient (Wildman–Crippen LogP) is 4.99. The summed E-state index contributed by atoms with van der Waals surface area (Å²) in [5.41, 5.74) is 3.18. The van der Waals surface area contributed by atoms with Crippen LogP contribution in [0.1, 0.15) is 5.56 Å². The van der Waals surface area contributed by atoms with Gasteiger partial charge in [0, 0.05) is 5.02 Å². The van der Waals surface area contributed by atoms with E-state index in [2.05, 4.69) is 10.5 Å². The lowest BCUT2D eigenvalue weighted by Crippen LogP contribution is -2.39. The number of hydrogen-bond donors (Lipinski definition) is 1. The molecule has 3 aromatic carbocycles. The molecule has 1 amide bonds. The molecule has 31 heavy (non-hydrogen) atoms. The SMILES string of the molecule is O=C(CN(c1ccc(Cl)c(Cl)c1)S(=O)(=O)c1ccccc1)N/N=C\c1cccc(Cl)c1. The van der Waals surface area contributed by atoms with Crippen LogP contribution in [0.5, 0.6) is 0 Å². The number of nitrogens with one attached hydrogen (secondary N) is 1. The fraction of sp³-hybridized carbons (Fsp3) is 0.0476. The van der Waals surface area contributed by atoms with Crippen molar-refractivity contribution in [3.8, 4) is 0 Å². The Balaban J connectivity index is 1.86. The molecule has 3 rings (SSSR count). The highest BCUT2D eigenvalue weighted by atomic mass is 35.5. The van der Waals surface area contributed by atoms with Crippen molar-refractivity contribution in [1.29, 1.82) is 0 Å². The molecule has 0 aliphatic heterocycles. The molecule has 0 saturated carbocycles. The largest absolute Gasteiger partial charge is 0.271 e. The Kier molecular flexibility index (Phi) is 7.56. The number of anilines is 1. The van der Waals surface area contributed by atoms with E-state index < -0.39 is 22.5 Å². The summed E-state index contributed by atoms with van der Waals surface area (Å²) < 4.78 is 27.4. The van der Waals surface area contributed by atoms with E-state index in [1.165, 1.54) is 36.5 Å². The zero-order valence-electron chi connectivity index (χ0n) is 15.9. The average molecular weight is 497 g/mol. The van der Waals surface area contributed by atoms with Gasteiger partial charge in [-0.15, -0.1) is 0 Å². The third kappa shape index (κ3) is 5.98. The van der Waals surface area contributed by atoms with Crippen molar-refractivity contribution < 1.29 is 13.2 Å². The number of nitrogens with zero attached hydrogens (tertiary/aromatic N) is 2. The van der Waals surface area contributed by atoms with Crippen LogP contribution in [-0.4, -0.2) is 27.1 Å². The van der Waals surface area contributed by atoms with E-state index in [-0.39, 0.29) is 20.6 Å². The van der Waals surface area contributed by atoms with Crippen LogP contribution in [0, 0.1) is 0 Å². The van der Waals surface area contributed by atoms with Crippen LogP contribution in [-0.2, 0) is 14.8 Å². The zero-order valence-corrected chi connectivity index (χ0v) is 19.0. The van der Waals surface area contributed by atoms with Gasteiger partial charge >= 0.3 is 0 Å². The van der Waals surface area contributed by atoms with Crippen LogP contribution < -0.4 is 9.73 Å². The number of hydrazone groups is 1. The van der Waals surface area contributed by atoms with Gasteiger partial charge in [-0.1, -0.05) is 65.1 Å². The second-order valence-corrected chi connectivity index (χ2v) is 9.38. The molecule has 0 aromatic heterocycles. The molecule has 160 valence electrons. The fourth-order valence-corrected chi connectivity index (χ4v) is 4.53. The van der Waals surface area contributed by atoms with Gasteiger partial charge in [-0.05, 0) is 48.0 Å². The van der Waals surface area contributed by atoms with Crippen molar-refractivity contribution in [2.75, 3.05) is 10.8 Å². The van der Waals surface area contributed by atoms with Crippen LogP contribution in [0.3, 0.4) is 0 Å². The molecular formula is C21H16Cl3N3O3S. The molecular weight excluding hydrogens is 481 g/mol. The van der Waals surface area contributed by atoms with Crippen LogP contribution in [0.2, 0.25) is 15.1 Å². The van der Waals surface area contributed by atoms with E-state index in [9.17, 15) is 13.2 Å². The number of hydrogen-bond acceptors (Lipinski definition) is 4. The highest BCUT2D eigenvalue weighted by molar-refractivity contribution is 7.92. The monoisotopic (exact) mass is 495 g/mol. The predicted molar refractivity (Wildman–Crippen MR) is 125 cm³/mol. The molecule has 0 aliphatic rings. The maximum Gasteiger partial charge on any atom is 0.264 e. The Labute approximate surface area is 195 Å². The van der Waals surface area contributed by atoms with E-state index in [0.717, 1.165) is 4.31 Å². The van der Waals surface area contributed by atoms with Crippen LogP contribution in [0.4, 0.5) is 5.69 Å². The van der Waals surface area contributed by atoms with Crippen molar-refractivity contribution in [2.45, 2.75) is 4.90 Å². The van der Waals surface area contributed by atoms with E-state index in [1.807, 2.05) is 0 Å². The maximum absolute atomic E-state index is 13.2. The number of halogens is 3. The van der Waals surface area contributed by atoms with Gasteiger partial charge in [0.2, 0.25) is 0 Å². The molecule has 3 aromatic rings. The Bertz CT molecular complexity index is 1220. The summed E-state index contributed by atoms with van der Waals surface area (Å²) in [6.07, 6.45) is 1.40. The number of benzene rings is 3. The van der Waals surface area contributed by atoms with Crippen LogP contribution in [0.25, 0.3) is 0 Å². The fourth-order valence-electron chi connectivity index (χ4n) is 2.61. The minimum Gasteiger partial charge on any atom is -0.271 e. The molecule has 0 spiro atoms. The van der Waals surface area contributed by atoms with Crippen molar-refractivity contribution in [3.05, 3.63) is 93.4 Å². The van der Waals surface area contributed by atoms with Gasteiger partial charge in [0.15, 0.2) is 0 Å². The molecule has 6 nitrogen and oxygen atoms in total. The van der Waals surface area contributed by atoms with Gasteiger partial charge in [-0.25, -0.2) is 13.8 Å². The summed E-state index contributed by atoms with van der Waals surface area (Å²) in [4.78, 5) is 12.5. The summed E-state index contributed by atoms with van der Waals surface area (Å²) in [6.45, 7) is -0.526. The molecule has 0 radical (unpaired) electrons. The Morgan fingerprint density at radius 1 is 0.935 bits per heavy atom. The van der Waals surface area contributed by atoms with Crippen LogP contribution >= 0.6 is 34.8 Å². The molecule has 0 atom stereocenters. The molecule has 1 N–H and O–H groups in total. The normalized spacial score (nSPS) is 11.5. The number of amides is 1. The van der Waals surface area contributed by atoms with Crippen molar-refractivity contribution >= 4 is 62.6 Å². The summed E-state index contributed by atoms with van der Waals surface area (Å²) in [5.74, 6) is -0.649. The lowest BCUT2D eigenvalue weighted by Gasteiger charge is -2.24. The van der Waals surface area contributed by atoms with Gasteiger partial charge in [0.1, 0.15) is 6.54 Å². The Morgan fingerprint density at radius 2 is 1.68 bits per heavy atom. The number of carbonyl (C=O) groups is 1. The second kappa shape index (κ2) is 10.2. The molecule has 0 unspecified atom stereocenters. The molecule has 0 fully saturated rings. The molecule has 10 heteroatoms. The van der Waals surface area contributed by atoms with E-state index in [1.54, 1.807) is 42.5 Å². The summed E-state index contributed by atoms with van der Waals surface area (Å²) in [6, 6.07) is 18.9. The first kappa shape index (κ1) is 23.1. The Hall–Kier alpha value is -2.58. The maximum atomic E-state index is 13.2. The molecule has 0 bridgehead atoms. The number of rotatable bonds is 7. The minimum atomic E-state index is -4.06. The van der Waals surface area contributed by atoms with Gasteiger partial charge in [-0.3, -0.25) is 9.10 Å². The van der Waals surface area contributed by atoms with Crippen molar-refractivity contribution in [3.63, 3.8) is 0 Å². The summed E-state index contributed by atoms with van der Waals surface area (Å²) in [5, 5.41) is 4.81. The standard InChI is InChI=1S/C21H16Cl3N3O3S/c22-16-6-4-5-15(11-16)13-25-26-21(28)14-27(17-9-10-19(23)20(24)12-17)31(29,30)18-7-2-1-3-8-18/h1-13H,14H2,(H,26,28)/b25-13-. The second-order valence-electron chi connectivity index (χ2n) is 6.27. The number of carbonyl (C=O) groups excluding carboxylic acids is 1. The highest BCUT2D eigenvalue weighted by Crippen LogP contribution is 2.30. The van der Waals surface area contributed by atoms with Crippen molar-refractivity contribution in [2.24, 2.45) is 5.10 Å². The first-order valence-electron chi connectivity index (χ1n) is 8.88.